The second-order valence-electron chi connectivity index (χ2n) is 7.62. The van der Waals surface area contributed by atoms with Gasteiger partial charge in [0.2, 0.25) is 0 Å². The SMILES string of the molecule is O=C(NC1CCCC1)[C@H](c1ccco1)N(CCc1ccccc1)C(=O)c1ccco1. The summed E-state index contributed by atoms with van der Waals surface area (Å²) >= 11 is 0. The summed E-state index contributed by atoms with van der Waals surface area (Å²) in [5.41, 5.74) is 1.09. The van der Waals surface area contributed by atoms with Crippen molar-refractivity contribution in [2.45, 2.75) is 44.2 Å². The Labute approximate surface area is 175 Å². The molecule has 2 aromatic heterocycles. The van der Waals surface area contributed by atoms with Crippen molar-refractivity contribution in [2.75, 3.05) is 6.54 Å². The van der Waals surface area contributed by atoms with E-state index in [0.717, 1.165) is 31.2 Å². The molecular weight excluding hydrogens is 380 g/mol. The molecule has 2 heterocycles. The number of rotatable bonds is 8. The fourth-order valence-corrected chi connectivity index (χ4v) is 4.01. The van der Waals surface area contributed by atoms with E-state index in [9.17, 15) is 9.59 Å². The van der Waals surface area contributed by atoms with Crippen molar-refractivity contribution in [3.8, 4) is 0 Å². The zero-order chi connectivity index (χ0) is 20.8. The van der Waals surface area contributed by atoms with Crippen LogP contribution in [0.1, 0.15) is 53.6 Å². The van der Waals surface area contributed by atoms with E-state index in [1.54, 1.807) is 29.2 Å². The Morgan fingerprint density at radius 1 is 0.967 bits per heavy atom. The maximum atomic E-state index is 13.3. The number of amides is 2. The quantitative estimate of drug-likeness (QED) is 0.603. The van der Waals surface area contributed by atoms with Gasteiger partial charge in [-0.1, -0.05) is 43.2 Å². The highest BCUT2D eigenvalue weighted by Gasteiger charge is 2.36. The molecule has 2 amide bonds. The van der Waals surface area contributed by atoms with Gasteiger partial charge in [-0.25, -0.2) is 0 Å². The van der Waals surface area contributed by atoms with E-state index < -0.39 is 6.04 Å². The summed E-state index contributed by atoms with van der Waals surface area (Å²) in [6, 6.07) is 15.9. The van der Waals surface area contributed by atoms with Crippen molar-refractivity contribution < 1.29 is 18.4 Å². The molecule has 1 fully saturated rings. The Hall–Kier alpha value is -3.28. The topological polar surface area (TPSA) is 75.7 Å². The minimum Gasteiger partial charge on any atom is -0.467 e. The lowest BCUT2D eigenvalue weighted by Gasteiger charge is -2.30. The molecule has 0 radical (unpaired) electrons. The molecular formula is C24H26N2O4. The van der Waals surface area contributed by atoms with Crippen LogP contribution in [0.3, 0.4) is 0 Å². The van der Waals surface area contributed by atoms with Crippen LogP contribution in [0, 0.1) is 0 Å². The zero-order valence-electron chi connectivity index (χ0n) is 16.8. The van der Waals surface area contributed by atoms with Gasteiger partial charge in [-0.3, -0.25) is 9.59 Å². The van der Waals surface area contributed by atoms with Crippen LogP contribution in [0.15, 0.2) is 76.0 Å². The van der Waals surface area contributed by atoms with Crippen LogP contribution in [0.2, 0.25) is 0 Å². The van der Waals surface area contributed by atoms with Gasteiger partial charge < -0.3 is 19.1 Å². The van der Waals surface area contributed by atoms with Gasteiger partial charge in [-0.2, -0.15) is 0 Å². The van der Waals surface area contributed by atoms with E-state index in [4.69, 9.17) is 8.83 Å². The number of benzene rings is 1. The molecule has 4 rings (SSSR count). The van der Waals surface area contributed by atoms with Crippen molar-refractivity contribution in [1.82, 2.24) is 10.2 Å². The van der Waals surface area contributed by atoms with Gasteiger partial charge in [0.05, 0.1) is 12.5 Å². The third-order valence-corrected chi connectivity index (χ3v) is 5.55. The molecule has 1 atom stereocenters. The zero-order valence-corrected chi connectivity index (χ0v) is 16.8. The van der Waals surface area contributed by atoms with Crippen molar-refractivity contribution in [1.29, 1.82) is 0 Å². The molecule has 6 heteroatoms. The lowest BCUT2D eigenvalue weighted by Crippen LogP contribution is -2.46. The van der Waals surface area contributed by atoms with Gasteiger partial charge in [0.1, 0.15) is 5.76 Å². The number of nitrogens with zero attached hydrogens (tertiary/aromatic N) is 1. The number of carbonyl (C=O) groups is 2. The maximum absolute atomic E-state index is 13.3. The van der Waals surface area contributed by atoms with E-state index in [2.05, 4.69) is 5.32 Å². The first kappa shape index (κ1) is 20.0. The van der Waals surface area contributed by atoms with Crippen LogP contribution >= 0.6 is 0 Å². The van der Waals surface area contributed by atoms with Gasteiger partial charge in [0, 0.05) is 12.6 Å². The lowest BCUT2D eigenvalue weighted by molar-refractivity contribution is -0.127. The Morgan fingerprint density at radius 2 is 1.70 bits per heavy atom. The molecule has 1 aromatic carbocycles. The van der Waals surface area contributed by atoms with Crippen molar-refractivity contribution in [2.24, 2.45) is 0 Å². The molecule has 156 valence electrons. The summed E-state index contributed by atoms with van der Waals surface area (Å²) in [5.74, 6) is 0.0930. The molecule has 30 heavy (non-hydrogen) atoms. The van der Waals surface area contributed by atoms with Crippen LogP contribution in [-0.4, -0.2) is 29.3 Å². The number of nitrogens with one attached hydrogen (secondary N) is 1. The highest BCUT2D eigenvalue weighted by molar-refractivity contribution is 5.95. The number of furan rings is 2. The van der Waals surface area contributed by atoms with Gasteiger partial charge >= 0.3 is 0 Å². The normalized spacial score (nSPS) is 15.1. The summed E-state index contributed by atoms with van der Waals surface area (Å²) in [6.45, 7) is 0.354. The monoisotopic (exact) mass is 406 g/mol. The van der Waals surface area contributed by atoms with Gasteiger partial charge in [-0.05, 0) is 49.1 Å². The summed E-state index contributed by atoms with van der Waals surface area (Å²) in [4.78, 5) is 28.2. The number of carbonyl (C=O) groups excluding carboxylic acids is 2. The third kappa shape index (κ3) is 4.64. The second-order valence-corrected chi connectivity index (χ2v) is 7.62. The first-order chi connectivity index (χ1) is 14.7. The summed E-state index contributed by atoms with van der Waals surface area (Å²) in [7, 11) is 0. The molecule has 3 aromatic rings. The molecule has 0 aliphatic heterocycles. The average molecular weight is 406 g/mol. The Morgan fingerprint density at radius 3 is 2.37 bits per heavy atom. The van der Waals surface area contributed by atoms with Crippen molar-refractivity contribution in [3.05, 3.63) is 84.2 Å². The smallest absolute Gasteiger partial charge is 0.290 e. The van der Waals surface area contributed by atoms with Gasteiger partial charge in [-0.15, -0.1) is 0 Å². The standard InChI is InChI=1S/C24H26N2O4/c27-23(25-19-10-4-5-11-19)22(20-12-6-16-29-20)26(24(28)21-13-7-17-30-21)15-14-18-8-2-1-3-9-18/h1-3,6-9,12-13,16-17,19,22H,4-5,10-11,14-15H2,(H,25,27)/t22-/m0/s1. The first-order valence-corrected chi connectivity index (χ1v) is 10.4. The largest absolute Gasteiger partial charge is 0.467 e. The summed E-state index contributed by atoms with van der Waals surface area (Å²) < 4.78 is 11.0. The molecule has 1 N–H and O–H groups in total. The third-order valence-electron chi connectivity index (χ3n) is 5.55. The average Bonchev–Trinajstić information content (AvgIpc) is 3.55. The Kier molecular flexibility index (Phi) is 6.32. The Bertz CT molecular complexity index is 929. The highest BCUT2D eigenvalue weighted by atomic mass is 16.3. The van der Waals surface area contributed by atoms with E-state index in [0.29, 0.717) is 18.7 Å². The molecule has 0 spiro atoms. The van der Waals surface area contributed by atoms with Gasteiger partial charge in [0.25, 0.3) is 11.8 Å². The molecule has 1 aliphatic rings. The second kappa shape index (κ2) is 9.48. The molecule has 1 saturated carbocycles. The summed E-state index contributed by atoms with van der Waals surface area (Å²) in [6.07, 6.45) is 7.75. The Balaban J connectivity index is 1.62. The first-order valence-electron chi connectivity index (χ1n) is 10.4. The molecule has 0 bridgehead atoms. The number of hydrogen-bond acceptors (Lipinski definition) is 4. The molecule has 6 nitrogen and oxygen atoms in total. The predicted octanol–water partition coefficient (Wildman–Crippen LogP) is 4.36. The fourth-order valence-electron chi connectivity index (χ4n) is 4.01. The van der Waals surface area contributed by atoms with Crippen LogP contribution in [-0.2, 0) is 11.2 Å². The van der Waals surface area contributed by atoms with E-state index in [1.807, 2.05) is 30.3 Å². The van der Waals surface area contributed by atoms with E-state index in [1.165, 1.54) is 12.5 Å². The number of hydrogen-bond donors (Lipinski definition) is 1. The van der Waals surface area contributed by atoms with Gasteiger partial charge in [0.15, 0.2) is 11.8 Å². The molecule has 0 saturated heterocycles. The van der Waals surface area contributed by atoms with Crippen LogP contribution in [0.4, 0.5) is 0 Å². The van der Waals surface area contributed by atoms with Crippen LogP contribution in [0.5, 0.6) is 0 Å². The van der Waals surface area contributed by atoms with Crippen molar-refractivity contribution >= 4 is 11.8 Å². The molecule has 0 unspecified atom stereocenters. The van der Waals surface area contributed by atoms with Crippen LogP contribution in [0.25, 0.3) is 0 Å². The molecule has 1 aliphatic carbocycles. The van der Waals surface area contributed by atoms with Crippen LogP contribution < -0.4 is 5.32 Å². The van der Waals surface area contributed by atoms with Crippen molar-refractivity contribution in [3.63, 3.8) is 0 Å². The van der Waals surface area contributed by atoms with E-state index in [-0.39, 0.29) is 23.6 Å². The minimum atomic E-state index is -0.859. The minimum absolute atomic E-state index is 0.143. The predicted molar refractivity (Wildman–Crippen MR) is 112 cm³/mol. The summed E-state index contributed by atoms with van der Waals surface area (Å²) in [5, 5.41) is 3.12. The van der Waals surface area contributed by atoms with E-state index >= 15 is 0 Å². The lowest BCUT2D eigenvalue weighted by atomic mass is 10.1. The maximum Gasteiger partial charge on any atom is 0.290 e. The fraction of sp³-hybridized carbons (Fsp3) is 0.333. The highest BCUT2D eigenvalue weighted by Crippen LogP contribution is 2.26.